The van der Waals surface area contributed by atoms with Crippen LogP contribution in [0.15, 0.2) is 24.3 Å². The van der Waals surface area contributed by atoms with Crippen molar-refractivity contribution in [1.29, 1.82) is 0 Å². The molecule has 2 saturated heterocycles. The van der Waals surface area contributed by atoms with E-state index in [1.807, 2.05) is 6.07 Å². The molecule has 0 atom stereocenters. The fourth-order valence-corrected chi connectivity index (χ4v) is 3.47. The van der Waals surface area contributed by atoms with E-state index in [1.165, 1.54) is 16.0 Å². The van der Waals surface area contributed by atoms with Crippen LogP contribution in [-0.2, 0) is 11.3 Å². The molecule has 6 nitrogen and oxygen atoms in total. The first-order chi connectivity index (χ1) is 11.1. The third kappa shape index (κ3) is 2.96. The molecule has 23 heavy (non-hydrogen) atoms. The fourth-order valence-electron chi connectivity index (χ4n) is 3.47. The number of amides is 3. The second-order valence-corrected chi connectivity index (χ2v) is 6.46. The molecule has 0 radical (unpaired) electrons. The number of carbonyl (C=O) groups excluding carboxylic acids is 2. The van der Waals surface area contributed by atoms with E-state index in [0.717, 1.165) is 19.6 Å². The Balaban J connectivity index is 1.63. The van der Waals surface area contributed by atoms with E-state index < -0.39 is 5.54 Å². The van der Waals surface area contributed by atoms with Crippen LogP contribution < -0.4 is 11.1 Å². The minimum Gasteiger partial charge on any atom is -0.329 e. The van der Waals surface area contributed by atoms with Gasteiger partial charge in [0.25, 0.3) is 5.91 Å². The molecular weight excluding hydrogens is 292 g/mol. The fraction of sp³-hybridized carbons (Fsp3) is 0.529. The molecule has 0 aromatic heterocycles. The monoisotopic (exact) mass is 316 g/mol. The van der Waals surface area contributed by atoms with Crippen molar-refractivity contribution in [3.63, 3.8) is 0 Å². The average Bonchev–Trinajstić information content (AvgIpc) is 2.77. The van der Waals surface area contributed by atoms with E-state index >= 15 is 0 Å². The quantitative estimate of drug-likeness (QED) is 0.807. The Morgan fingerprint density at radius 1 is 1.22 bits per heavy atom. The van der Waals surface area contributed by atoms with Gasteiger partial charge in [0, 0.05) is 32.7 Å². The van der Waals surface area contributed by atoms with Crippen molar-refractivity contribution in [3.8, 4) is 0 Å². The highest BCUT2D eigenvalue weighted by Gasteiger charge is 2.51. The van der Waals surface area contributed by atoms with Gasteiger partial charge in [-0.1, -0.05) is 24.3 Å². The summed E-state index contributed by atoms with van der Waals surface area (Å²) in [5, 5.41) is 2.90. The number of nitrogens with zero attached hydrogens (tertiary/aromatic N) is 2. The maximum Gasteiger partial charge on any atom is 0.325 e. The van der Waals surface area contributed by atoms with Crippen molar-refractivity contribution < 1.29 is 9.59 Å². The molecule has 1 aromatic rings. The highest BCUT2D eigenvalue weighted by molar-refractivity contribution is 6.07. The second kappa shape index (κ2) is 6.29. The van der Waals surface area contributed by atoms with Gasteiger partial charge in [0.2, 0.25) is 0 Å². The van der Waals surface area contributed by atoms with Crippen LogP contribution in [0.1, 0.15) is 24.0 Å². The highest BCUT2D eigenvalue weighted by atomic mass is 16.2. The van der Waals surface area contributed by atoms with E-state index in [4.69, 9.17) is 5.73 Å². The number of nitrogens with one attached hydrogen (secondary N) is 1. The molecule has 6 heteroatoms. The van der Waals surface area contributed by atoms with Crippen LogP contribution in [0, 0.1) is 6.92 Å². The molecular formula is C17H24N4O2. The van der Waals surface area contributed by atoms with Crippen LogP contribution in [-0.4, -0.2) is 53.5 Å². The molecule has 2 aliphatic rings. The number of imide groups is 1. The predicted octanol–water partition coefficient (Wildman–Crippen LogP) is 0.840. The van der Waals surface area contributed by atoms with Gasteiger partial charge in [-0.05, 0) is 30.9 Å². The van der Waals surface area contributed by atoms with Crippen LogP contribution in [0.25, 0.3) is 0 Å². The second-order valence-electron chi connectivity index (χ2n) is 6.46. The number of likely N-dealkylation sites (tertiary alicyclic amines) is 1. The van der Waals surface area contributed by atoms with Gasteiger partial charge in [0.1, 0.15) is 5.54 Å². The number of urea groups is 1. The summed E-state index contributed by atoms with van der Waals surface area (Å²) in [7, 11) is 0. The topological polar surface area (TPSA) is 78.7 Å². The van der Waals surface area contributed by atoms with Gasteiger partial charge in [0.15, 0.2) is 0 Å². The Kier molecular flexibility index (Phi) is 4.37. The molecule has 2 fully saturated rings. The van der Waals surface area contributed by atoms with Crippen molar-refractivity contribution in [2.75, 3.05) is 26.2 Å². The molecule has 3 rings (SSSR count). The zero-order valence-corrected chi connectivity index (χ0v) is 13.5. The molecule has 124 valence electrons. The molecule has 3 amide bonds. The largest absolute Gasteiger partial charge is 0.329 e. The summed E-state index contributed by atoms with van der Waals surface area (Å²) in [4.78, 5) is 28.2. The molecule has 3 N–H and O–H groups in total. The third-order valence-corrected chi connectivity index (χ3v) is 4.96. The van der Waals surface area contributed by atoms with Crippen molar-refractivity contribution in [3.05, 3.63) is 35.4 Å². The molecule has 1 spiro atoms. The van der Waals surface area contributed by atoms with E-state index in [1.54, 1.807) is 0 Å². The van der Waals surface area contributed by atoms with Gasteiger partial charge < -0.3 is 11.1 Å². The number of piperidine rings is 1. The van der Waals surface area contributed by atoms with Crippen molar-refractivity contribution in [2.24, 2.45) is 5.73 Å². The summed E-state index contributed by atoms with van der Waals surface area (Å²) in [5.74, 6) is -0.108. The van der Waals surface area contributed by atoms with Gasteiger partial charge in [0.05, 0.1) is 0 Å². The number of benzene rings is 1. The Morgan fingerprint density at radius 2 is 1.91 bits per heavy atom. The van der Waals surface area contributed by atoms with Gasteiger partial charge in [-0.25, -0.2) is 4.79 Å². The summed E-state index contributed by atoms with van der Waals surface area (Å²) < 4.78 is 0. The minimum absolute atomic E-state index is 0.108. The van der Waals surface area contributed by atoms with E-state index in [2.05, 4.69) is 35.3 Å². The Hall–Kier alpha value is -1.92. The maximum absolute atomic E-state index is 12.6. The number of aryl methyl sites for hydroxylation is 1. The highest BCUT2D eigenvalue weighted by Crippen LogP contribution is 2.30. The molecule has 0 saturated carbocycles. The van der Waals surface area contributed by atoms with E-state index in [9.17, 15) is 9.59 Å². The Labute approximate surface area is 136 Å². The van der Waals surface area contributed by atoms with Gasteiger partial charge in [-0.2, -0.15) is 0 Å². The van der Waals surface area contributed by atoms with Crippen LogP contribution in [0.3, 0.4) is 0 Å². The number of rotatable bonds is 4. The van der Waals surface area contributed by atoms with Gasteiger partial charge >= 0.3 is 6.03 Å². The molecule has 1 aromatic carbocycles. The maximum atomic E-state index is 12.6. The smallest absolute Gasteiger partial charge is 0.325 e. The zero-order valence-electron chi connectivity index (χ0n) is 13.5. The number of hydrogen-bond acceptors (Lipinski definition) is 4. The van der Waals surface area contributed by atoms with E-state index in [-0.39, 0.29) is 11.9 Å². The predicted molar refractivity (Wildman–Crippen MR) is 87.7 cm³/mol. The van der Waals surface area contributed by atoms with Crippen LogP contribution in [0.4, 0.5) is 4.79 Å². The summed E-state index contributed by atoms with van der Waals surface area (Å²) >= 11 is 0. The minimum atomic E-state index is -0.714. The summed E-state index contributed by atoms with van der Waals surface area (Å²) in [6, 6.07) is 8.06. The first kappa shape index (κ1) is 16.0. The van der Waals surface area contributed by atoms with Crippen molar-refractivity contribution >= 4 is 11.9 Å². The molecule has 0 bridgehead atoms. The average molecular weight is 316 g/mol. The van der Waals surface area contributed by atoms with Crippen molar-refractivity contribution in [1.82, 2.24) is 15.1 Å². The Bertz CT molecular complexity index is 608. The standard InChI is InChI=1S/C17H24N4O2/c1-13-4-2-3-5-14(13)12-20-9-6-17(7-10-20)15(22)21(11-8-18)16(23)19-17/h2-5H,6-12,18H2,1H3,(H,19,23). The zero-order chi connectivity index (χ0) is 16.4. The lowest BCUT2D eigenvalue weighted by molar-refractivity contribution is -0.132. The van der Waals surface area contributed by atoms with Crippen molar-refractivity contribution in [2.45, 2.75) is 31.8 Å². The normalized spacial score (nSPS) is 21.0. The lowest BCUT2D eigenvalue weighted by Crippen LogP contribution is -2.54. The number of carbonyl (C=O) groups is 2. The van der Waals surface area contributed by atoms with Gasteiger partial charge in [-0.3, -0.25) is 14.6 Å². The summed E-state index contributed by atoms with van der Waals surface area (Å²) in [6.45, 7) is 5.20. The first-order valence-electron chi connectivity index (χ1n) is 8.17. The van der Waals surface area contributed by atoms with E-state index in [0.29, 0.717) is 25.9 Å². The first-order valence-corrected chi connectivity index (χ1v) is 8.17. The summed E-state index contributed by atoms with van der Waals surface area (Å²) in [6.07, 6.45) is 1.31. The van der Waals surface area contributed by atoms with Crippen LogP contribution in [0.2, 0.25) is 0 Å². The molecule has 0 unspecified atom stereocenters. The Morgan fingerprint density at radius 3 is 2.57 bits per heavy atom. The lowest BCUT2D eigenvalue weighted by atomic mass is 9.87. The molecule has 2 heterocycles. The third-order valence-electron chi connectivity index (χ3n) is 4.96. The lowest BCUT2D eigenvalue weighted by Gasteiger charge is -2.37. The summed E-state index contributed by atoms with van der Waals surface area (Å²) in [5.41, 5.74) is 7.38. The van der Waals surface area contributed by atoms with Gasteiger partial charge in [-0.15, -0.1) is 0 Å². The SMILES string of the molecule is Cc1ccccc1CN1CCC2(CC1)NC(=O)N(CCN)C2=O. The molecule has 0 aliphatic carbocycles. The van der Waals surface area contributed by atoms with Crippen LogP contribution >= 0.6 is 0 Å². The van der Waals surface area contributed by atoms with Crippen LogP contribution in [0.5, 0.6) is 0 Å². The number of hydrogen-bond donors (Lipinski definition) is 2. The number of nitrogens with two attached hydrogens (primary N) is 1. The molecule has 2 aliphatic heterocycles.